The van der Waals surface area contributed by atoms with E-state index in [1.54, 1.807) is 11.1 Å². The molecule has 0 saturated carbocycles. The molecule has 8 atom stereocenters. The minimum atomic E-state index is 0.226. The van der Waals surface area contributed by atoms with Crippen molar-refractivity contribution in [1.82, 2.24) is 0 Å². The van der Waals surface area contributed by atoms with Gasteiger partial charge in [0.05, 0.1) is 0 Å². The second kappa shape index (κ2) is 9.80. The molecule has 8 bridgehead atoms. The summed E-state index contributed by atoms with van der Waals surface area (Å²) < 4.78 is 0. The summed E-state index contributed by atoms with van der Waals surface area (Å²) in [6, 6.07) is 22.6. The number of rotatable bonds is 1. The predicted octanol–water partition coefficient (Wildman–Crippen LogP) is 14.2. The molecule has 53 heavy (non-hydrogen) atoms. The highest BCUT2D eigenvalue weighted by molar-refractivity contribution is 6.25. The van der Waals surface area contributed by atoms with Gasteiger partial charge < -0.3 is 0 Å². The van der Waals surface area contributed by atoms with Gasteiger partial charge in [0, 0.05) is 58.1 Å². The monoisotopic (exact) mass is 681 g/mol. The lowest BCUT2D eigenvalue weighted by Gasteiger charge is -2.36. The van der Waals surface area contributed by atoms with Crippen molar-refractivity contribution in [3.8, 4) is 16.9 Å². The molecule has 6 aromatic carbocycles. The van der Waals surface area contributed by atoms with Crippen molar-refractivity contribution >= 4 is 43.1 Å². The van der Waals surface area contributed by atoms with E-state index < -0.39 is 0 Å². The average molecular weight is 682 g/mol. The van der Waals surface area contributed by atoms with Gasteiger partial charge in [-0.3, -0.25) is 5.11 Å². The van der Waals surface area contributed by atoms with Crippen molar-refractivity contribution < 1.29 is 5.11 Å². The number of hydrogen-bond donors (Lipinski definition) is 0. The van der Waals surface area contributed by atoms with Gasteiger partial charge in [0.1, 0.15) is 0 Å². The molecule has 12 aliphatic rings. The molecule has 0 amide bonds. The SMILES string of the molecule is [O]c1c2cc3c(cc2c(-c2c4cc5c(cc4cc4cc6c(cc24)C2C=CC6CC2)C2C=CC5CC2)c2cc4c(cc12)C1C=CC4CC1)C1C=CC3CC1. The molecule has 0 spiro atoms. The molecule has 1 radical (unpaired) electrons. The quantitative estimate of drug-likeness (QED) is 0.122. The van der Waals surface area contributed by atoms with Crippen molar-refractivity contribution in [3.63, 3.8) is 0 Å². The van der Waals surface area contributed by atoms with Crippen LogP contribution < -0.4 is 0 Å². The molecule has 0 saturated heterocycles. The Bertz CT molecular complexity index is 2670. The Labute approximate surface area is 310 Å². The van der Waals surface area contributed by atoms with Crippen LogP contribution in [0.3, 0.4) is 0 Å². The van der Waals surface area contributed by atoms with Gasteiger partial charge in [-0.1, -0.05) is 60.7 Å². The normalized spacial score (nSPS) is 30.2. The standard InChI is InChI=1S/C52H41O/c53-52-48-24-42-32-13-9-30(10-14-32)40(42)22-46(48)51(47-23-41-31-11-15-33(16-12-31)43(41)25-49(47)52)50-44-20-38-28-5-1-26(2-6-28)36(38)18-34(44)17-35-19-37-27-3-7-29(8-4-27)39(37)21-45(35)50/h1,3,5,7,9,11,13,15,17-33H,2,4,6,8,10,12,14,16H2. The largest absolute Gasteiger partial charge is 0.289 e. The van der Waals surface area contributed by atoms with Gasteiger partial charge >= 0.3 is 0 Å². The molecule has 12 aliphatic carbocycles. The van der Waals surface area contributed by atoms with Crippen molar-refractivity contribution in [2.75, 3.05) is 0 Å². The van der Waals surface area contributed by atoms with E-state index in [9.17, 15) is 0 Å². The highest BCUT2D eigenvalue weighted by Gasteiger charge is 2.36. The van der Waals surface area contributed by atoms with E-state index in [1.165, 1.54) is 128 Å². The van der Waals surface area contributed by atoms with Crippen molar-refractivity contribution in [2.45, 2.75) is 98.7 Å². The Morgan fingerprint density at radius 3 is 0.830 bits per heavy atom. The maximum Gasteiger partial charge on any atom is 0.194 e. The van der Waals surface area contributed by atoms with Crippen LogP contribution in [0.15, 0.2) is 103 Å². The van der Waals surface area contributed by atoms with Crippen LogP contribution in [-0.2, 0) is 5.11 Å². The molecule has 0 fully saturated rings. The van der Waals surface area contributed by atoms with Crippen molar-refractivity contribution in [3.05, 3.63) is 148 Å². The van der Waals surface area contributed by atoms with Crippen LogP contribution in [0.5, 0.6) is 5.75 Å². The maximum atomic E-state index is 15.1. The molecule has 255 valence electrons. The van der Waals surface area contributed by atoms with Crippen LogP contribution >= 0.6 is 0 Å². The van der Waals surface area contributed by atoms with Crippen LogP contribution in [0.25, 0.3) is 54.2 Å². The van der Waals surface area contributed by atoms with Crippen LogP contribution in [0.1, 0.15) is 143 Å². The van der Waals surface area contributed by atoms with Crippen molar-refractivity contribution in [1.29, 1.82) is 0 Å². The van der Waals surface area contributed by atoms with Gasteiger partial charge in [0.25, 0.3) is 0 Å². The summed E-state index contributed by atoms with van der Waals surface area (Å²) in [7, 11) is 0. The van der Waals surface area contributed by atoms with E-state index in [-0.39, 0.29) is 5.75 Å². The van der Waals surface area contributed by atoms with Crippen LogP contribution in [0.2, 0.25) is 0 Å². The van der Waals surface area contributed by atoms with E-state index in [2.05, 4.69) is 103 Å². The van der Waals surface area contributed by atoms with Crippen LogP contribution in [0, 0.1) is 0 Å². The van der Waals surface area contributed by atoms with E-state index in [4.69, 9.17) is 0 Å². The molecule has 8 unspecified atom stereocenters. The zero-order chi connectivity index (χ0) is 34.3. The number of hydrogen-bond acceptors (Lipinski definition) is 0. The molecule has 0 aliphatic heterocycles. The lowest BCUT2D eigenvalue weighted by Crippen LogP contribution is -2.18. The topological polar surface area (TPSA) is 19.9 Å². The minimum Gasteiger partial charge on any atom is -0.289 e. The molecule has 1 heteroatoms. The summed E-state index contributed by atoms with van der Waals surface area (Å²) in [4.78, 5) is 0. The Kier molecular flexibility index (Phi) is 5.29. The number of benzene rings is 6. The molecular weight excluding hydrogens is 641 g/mol. The second-order valence-corrected chi connectivity index (χ2v) is 18.1. The number of allylic oxidation sites excluding steroid dienone is 8. The molecule has 18 rings (SSSR count). The summed E-state index contributed by atoms with van der Waals surface area (Å²) >= 11 is 0. The third kappa shape index (κ3) is 3.61. The van der Waals surface area contributed by atoms with Crippen LogP contribution in [0.4, 0.5) is 0 Å². The Hall–Kier alpha value is -4.88. The van der Waals surface area contributed by atoms with E-state index >= 15 is 5.11 Å². The molecule has 0 N–H and O–H groups in total. The Morgan fingerprint density at radius 1 is 0.283 bits per heavy atom. The van der Waals surface area contributed by atoms with E-state index in [0.717, 1.165) is 10.8 Å². The Morgan fingerprint density at radius 2 is 0.528 bits per heavy atom. The molecular formula is C52H41O. The van der Waals surface area contributed by atoms with E-state index in [1.807, 2.05) is 0 Å². The first kappa shape index (κ1) is 28.6. The smallest absolute Gasteiger partial charge is 0.194 e. The minimum absolute atomic E-state index is 0.226. The third-order valence-corrected chi connectivity index (χ3v) is 15.7. The van der Waals surface area contributed by atoms with Crippen LogP contribution in [-0.4, -0.2) is 0 Å². The summed E-state index contributed by atoms with van der Waals surface area (Å²) in [5.41, 5.74) is 14.5. The first-order valence-corrected chi connectivity index (χ1v) is 20.7. The highest BCUT2D eigenvalue weighted by atomic mass is 16.3. The van der Waals surface area contributed by atoms with E-state index in [0.29, 0.717) is 47.3 Å². The first-order valence-electron chi connectivity index (χ1n) is 20.7. The second-order valence-electron chi connectivity index (χ2n) is 18.1. The fourth-order valence-corrected chi connectivity index (χ4v) is 13.1. The molecule has 1 nitrogen and oxygen atoms in total. The predicted molar refractivity (Wildman–Crippen MR) is 217 cm³/mol. The zero-order valence-electron chi connectivity index (χ0n) is 30.0. The van der Waals surface area contributed by atoms with Gasteiger partial charge in [0.15, 0.2) is 5.75 Å². The third-order valence-electron chi connectivity index (χ3n) is 15.7. The highest BCUT2D eigenvalue weighted by Crippen LogP contribution is 2.57. The van der Waals surface area contributed by atoms with Gasteiger partial charge in [-0.05, 0) is 182 Å². The van der Waals surface area contributed by atoms with Gasteiger partial charge in [-0.15, -0.1) is 0 Å². The van der Waals surface area contributed by atoms with Gasteiger partial charge in [-0.25, -0.2) is 0 Å². The number of fused-ring (bicyclic) bond motifs is 8. The fourth-order valence-electron chi connectivity index (χ4n) is 13.1. The lowest BCUT2D eigenvalue weighted by atomic mass is 9.68. The average Bonchev–Trinajstić information content (AvgIpc) is 3.23. The Balaban J connectivity index is 1.19. The van der Waals surface area contributed by atoms with Gasteiger partial charge in [-0.2, -0.15) is 0 Å². The maximum absolute atomic E-state index is 15.1. The molecule has 0 heterocycles. The summed E-state index contributed by atoms with van der Waals surface area (Å²) in [5.74, 6) is 3.98. The first-order chi connectivity index (χ1) is 26.1. The summed E-state index contributed by atoms with van der Waals surface area (Å²) in [6.45, 7) is 0. The fraction of sp³-hybridized carbons (Fsp3) is 0.308. The lowest BCUT2D eigenvalue weighted by molar-refractivity contribution is 0.365. The molecule has 0 aromatic heterocycles. The van der Waals surface area contributed by atoms with Crippen molar-refractivity contribution in [2.24, 2.45) is 0 Å². The summed E-state index contributed by atoms with van der Waals surface area (Å²) in [5, 5.41) is 24.7. The summed E-state index contributed by atoms with van der Waals surface area (Å²) in [6.07, 6.45) is 29.5. The molecule has 6 aromatic rings. The zero-order valence-corrected chi connectivity index (χ0v) is 30.0. The van der Waals surface area contributed by atoms with Gasteiger partial charge in [0.2, 0.25) is 0 Å².